The topological polar surface area (TPSA) is 9.23 Å². The molecule has 0 unspecified atom stereocenters. The molecule has 0 aliphatic carbocycles. The Kier molecular flexibility index (Phi) is 2.74. The van der Waals surface area contributed by atoms with Crippen LogP contribution in [0, 0.1) is 6.92 Å². The summed E-state index contributed by atoms with van der Waals surface area (Å²) in [5, 5.41) is 0. The molecule has 0 fully saturated rings. The van der Waals surface area contributed by atoms with E-state index >= 15 is 0 Å². The summed E-state index contributed by atoms with van der Waals surface area (Å²) in [6, 6.07) is 6.22. The maximum atomic E-state index is 5.16. The molecule has 0 radical (unpaired) electrons. The van der Waals surface area contributed by atoms with E-state index in [1.807, 2.05) is 6.07 Å². The molecular weight excluding hydrogens is 148 g/mol. The van der Waals surface area contributed by atoms with E-state index in [9.17, 15) is 0 Å². The SMILES string of the molecule is COc1ccc(C)c(C(C)C)c1. The van der Waals surface area contributed by atoms with Crippen molar-refractivity contribution in [1.29, 1.82) is 0 Å². The van der Waals surface area contributed by atoms with E-state index in [4.69, 9.17) is 4.74 Å². The van der Waals surface area contributed by atoms with E-state index in [0.717, 1.165) is 5.75 Å². The van der Waals surface area contributed by atoms with Crippen molar-refractivity contribution in [2.24, 2.45) is 0 Å². The molecule has 0 aromatic heterocycles. The lowest BCUT2D eigenvalue weighted by molar-refractivity contribution is 0.414. The van der Waals surface area contributed by atoms with E-state index in [2.05, 4.69) is 32.9 Å². The van der Waals surface area contributed by atoms with Gasteiger partial charge in [0.05, 0.1) is 7.11 Å². The zero-order chi connectivity index (χ0) is 9.14. The van der Waals surface area contributed by atoms with Gasteiger partial charge in [0.2, 0.25) is 0 Å². The van der Waals surface area contributed by atoms with Crippen molar-refractivity contribution in [2.75, 3.05) is 7.11 Å². The van der Waals surface area contributed by atoms with E-state index in [1.54, 1.807) is 7.11 Å². The van der Waals surface area contributed by atoms with Crippen LogP contribution in [0.5, 0.6) is 5.75 Å². The smallest absolute Gasteiger partial charge is 0.119 e. The monoisotopic (exact) mass is 164 g/mol. The van der Waals surface area contributed by atoms with Crippen LogP contribution in [0.1, 0.15) is 30.9 Å². The Bertz CT molecular complexity index is 264. The number of benzene rings is 1. The highest BCUT2D eigenvalue weighted by Crippen LogP contribution is 2.23. The molecule has 0 spiro atoms. The van der Waals surface area contributed by atoms with Gasteiger partial charge in [-0.3, -0.25) is 0 Å². The van der Waals surface area contributed by atoms with Crippen molar-refractivity contribution in [3.8, 4) is 5.75 Å². The van der Waals surface area contributed by atoms with Gasteiger partial charge in [-0.15, -0.1) is 0 Å². The molecule has 0 bridgehead atoms. The van der Waals surface area contributed by atoms with Crippen molar-refractivity contribution in [3.63, 3.8) is 0 Å². The fourth-order valence-electron chi connectivity index (χ4n) is 1.37. The van der Waals surface area contributed by atoms with Crippen LogP contribution >= 0.6 is 0 Å². The van der Waals surface area contributed by atoms with Gasteiger partial charge in [0, 0.05) is 0 Å². The molecule has 1 aromatic rings. The quantitative estimate of drug-likeness (QED) is 0.652. The normalized spacial score (nSPS) is 10.4. The number of ether oxygens (including phenoxy) is 1. The van der Waals surface area contributed by atoms with Crippen LogP contribution in [0.15, 0.2) is 18.2 Å². The van der Waals surface area contributed by atoms with Gasteiger partial charge in [0.1, 0.15) is 5.75 Å². The minimum atomic E-state index is 0.570. The van der Waals surface area contributed by atoms with Gasteiger partial charge in [-0.1, -0.05) is 19.9 Å². The lowest BCUT2D eigenvalue weighted by atomic mass is 9.98. The van der Waals surface area contributed by atoms with Gasteiger partial charge in [0.15, 0.2) is 0 Å². The minimum absolute atomic E-state index is 0.570. The first-order valence-corrected chi connectivity index (χ1v) is 4.29. The highest BCUT2D eigenvalue weighted by molar-refractivity contribution is 5.36. The van der Waals surface area contributed by atoms with Gasteiger partial charge >= 0.3 is 0 Å². The average Bonchev–Trinajstić information content (AvgIpc) is 2.05. The summed E-state index contributed by atoms with van der Waals surface area (Å²) in [4.78, 5) is 0. The lowest BCUT2D eigenvalue weighted by Gasteiger charge is -2.10. The van der Waals surface area contributed by atoms with Crippen molar-refractivity contribution in [2.45, 2.75) is 26.7 Å². The van der Waals surface area contributed by atoms with Crippen LogP contribution < -0.4 is 4.74 Å². The molecule has 0 saturated carbocycles. The first-order valence-electron chi connectivity index (χ1n) is 4.29. The Morgan fingerprint density at radius 2 is 1.92 bits per heavy atom. The molecule has 1 aromatic carbocycles. The molecule has 1 nitrogen and oxygen atoms in total. The Balaban J connectivity index is 3.08. The number of aryl methyl sites for hydroxylation is 1. The second-order valence-electron chi connectivity index (χ2n) is 3.38. The third kappa shape index (κ3) is 1.79. The fourth-order valence-corrected chi connectivity index (χ4v) is 1.37. The predicted octanol–water partition coefficient (Wildman–Crippen LogP) is 3.13. The maximum absolute atomic E-state index is 5.16. The van der Waals surface area contributed by atoms with Crippen LogP contribution in [0.3, 0.4) is 0 Å². The molecule has 0 N–H and O–H groups in total. The maximum Gasteiger partial charge on any atom is 0.119 e. The molecule has 66 valence electrons. The molecule has 1 rings (SSSR count). The molecule has 12 heavy (non-hydrogen) atoms. The van der Waals surface area contributed by atoms with Crippen LogP contribution in [0.25, 0.3) is 0 Å². The Hall–Kier alpha value is -0.980. The van der Waals surface area contributed by atoms with Crippen LogP contribution in [-0.2, 0) is 0 Å². The molecule has 0 atom stereocenters. The number of hydrogen-bond acceptors (Lipinski definition) is 1. The predicted molar refractivity (Wildman–Crippen MR) is 51.8 cm³/mol. The first-order chi connectivity index (χ1) is 5.65. The van der Waals surface area contributed by atoms with Gasteiger partial charge in [-0.05, 0) is 36.1 Å². The Morgan fingerprint density at radius 1 is 1.25 bits per heavy atom. The first kappa shape index (κ1) is 9.11. The summed E-state index contributed by atoms with van der Waals surface area (Å²) in [6.45, 7) is 6.53. The molecule has 0 heterocycles. The summed E-state index contributed by atoms with van der Waals surface area (Å²) >= 11 is 0. The minimum Gasteiger partial charge on any atom is -0.497 e. The van der Waals surface area contributed by atoms with Gasteiger partial charge in [0.25, 0.3) is 0 Å². The third-order valence-corrected chi connectivity index (χ3v) is 2.11. The van der Waals surface area contributed by atoms with Crippen molar-refractivity contribution in [1.82, 2.24) is 0 Å². The van der Waals surface area contributed by atoms with E-state index in [-0.39, 0.29) is 0 Å². The van der Waals surface area contributed by atoms with Gasteiger partial charge in [-0.2, -0.15) is 0 Å². The molecular formula is C11H16O. The summed E-state index contributed by atoms with van der Waals surface area (Å²) in [6.07, 6.45) is 0. The van der Waals surface area contributed by atoms with Gasteiger partial charge < -0.3 is 4.74 Å². The lowest BCUT2D eigenvalue weighted by Crippen LogP contribution is -1.93. The second kappa shape index (κ2) is 3.61. The number of rotatable bonds is 2. The molecule has 1 heteroatoms. The zero-order valence-corrected chi connectivity index (χ0v) is 8.22. The van der Waals surface area contributed by atoms with Crippen molar-refractivity contribution in [3.05, 3.63) is 29.3 Å². The summed E-state index contributed by atoms with van der Waals surface area (Å²) < 4.78 is 5.16. The van der Waals surface area contributed by atoms with Gasteiger partial charge in [-0.25, -0.2) is 0 Å². The standard InChI is InChI=1S/C11H16O/c1-8(2)11-7-10(12-4)6-5-9(11)3/h5-8H,1-4H3. The highest BCUT2D eigenvalue weighted by atomic mass is 16.5. The second-order valence-corrected chi connectivity index (χ2v) is 3.38. The molecule has 0 saturated heterocycles. The highest BCUT2D eigenvalue weighted by Gasteiger charge is 2.03. The van der Waals surface area contributed by atoms with Crippen LogP contribution in [0.4, 0.5) is 0 Å². The van der Waals surface area contributed by atoms with Crippen molar-refractivity contribution >= 4 is 0 Å². The molecule has 0 aliphatic rings. The summed E-state index contributed by atoms with van der Waals surface area (Å²) in [5.41, 5.74) is 2.71. The summed E-state index contributed by atoms with van der Waals surface area (Å²) in [7, 11) is 1.70. The molecule has 0 amide bonds. The number of hydrogen-bond donors (Lipinski definition) is 0. The van der Waals surface area contributed by atoms with Crippen LogP contribution in [0.2, 0.25) is 0 Å². The fraction of sp³-hybridized carbons (Fsp3) is 0.455. The molecule has 0 aliphatic heterocycles. The third-order valence-electron chi connectivity index (χ3n) is 2.11. The van der Waals surface area contributed by atoms with E-state index < -0.39 is 0 Å². The number of methoxy groups -OCH3 is 1. The largest absolute Gasteiger partial charge is 0.497 e. The Morgan fingerprint density at radius 3 is 2.42 bits per heavy atom. The summed E-state index contributed by atoms with van der Waals surface area (Å²) in [5.74, 6) is 1.52. The van der Waals surface area contributed by atoms with E-state index in [0.29, 0.717) is 5.92 Å². The zero-order valence-electron chi connectivity index (χ0n) is 8.22. The average molecular weight is 164 g/mol. The van der Waals surface area contributed by atoms with E-state index in [1.165, 1.54) is 11.1 Å². The Labute approximate surface area is 74.4 Å². The van der Waals surface area contributed by atoms with Crippen LogP contribution in [-0.4, -0.2) is 7.11 Å². The van der Waals surface area contributed by atoms with Crippen molar-refractivity contribution < 1.29 is 4.74 Å².